The van der Waals surface area contributed by atoms with Crippen LogP contribution in [0.15, 0.2) is 10.9 Å². The van der Waals surface area contributed by atoms with E-state index in [4.69, 9.17) is 0 Å². The number of hydrogen-bond donors (Lipinski definition) is 1. The average Bonchev–Trinajstić information content (AvgIpc) is 2.16. The van der Waals surface area contributed by atoms with Crippen molar-refractivity contribution in [2.24, 2.45) is 5.92 Å². The van der Waals surface area contributed by atoms with Crippen molar-refractivity contribution in [3.8, 4) is 0 Å². The van der Waals surface area contributed by atoms with Crippen LogP contribution in [0.2, 0.25) is 0 Å². The summed E-state index contributed by atoms with van der Waals surface area (Å²) in [5.74, 6) is 3.25. The molecule has 0 fully saturated rings. The van der Waals surface area contributed by atoms with Gasteiger partial charge in [0.2, 0.25) is 0 Å². The fourth-order valence-corrected chi connectivity index (χ4v) is 2.23. The lowest BCUT2D eigenvalue weighted by atomic mass is 10.1. The predicted octanol–water partition coefficient (Wildman–Crippen LogP) is 2.61. The highest BCUT2D eigenvalue weighted by Gasteiger charge is 2.03. The van der Waals surface area contributed by atoms with Crippen molar-refractivity contribution >= 4 is 11.8 Å². The fraction of sp³-hybridized carbons (Fsp3) is 0.667. The molecule has 0 aliphatic rings. The fourth-order valence-electron chi connectivity index (χ4n) is 1.47. The van der Waals surface area contributed by atoms with Crippen molar-refractivity contribution in [2.75, 3.05) is 5.75 Å². The lowest BCUT2D eigenvalue weighted by Crippen LogP contribution is -2.13. The van der Waals surface area contributed by atoms with E-state index >= 15 is 0 Å². The van der Waals surface area contributed by atoms with E-state index in [0.717, 1.165) is 35.9 Å². The van der Waals surface area contributed by atoms with E-state index < -0.39 is 0 Å². The first kappa shape index (κ1) is 13.3. The molecule has 0 unspecified atom stereocenters. The molecule has 4 heteroatoms. The van der Waals surface area contributed by atoms with Crippen molar-refractivity contribution in [3.05, 3.63) is 27.9 Å². The molecule has 0 atom stereocenters. The first-order valence-corrected chi connectivity index (χ1v) is 6.94. The first-order chi connectivity index (χ1) is 7.61. The molecule has 3 nitrogen and oxygen atoms in total. The quantitative estimate of drug-likeness (QED) is 0.777. The van der Waals surface area contributed by atoms with Gasteiger partial charge in [0.15, 0.2) is 0 Å². The third kappa shape index (κ3) is 4.84. The maximum Gasteiger partial charge on any atom is 0.251 e. The minimum absolute atomic E-state index is 0.0299. The van der Waals surface area contributed by atoms with E-state index in [1.54, 1.807) is 6.07 Å². The molecule has 1 N–H and O–H groups in total. The Morgan fingerprint density at radius 2 is 2.25 bits per heavy atom. The lowest BCUT2D eigenvalue weighted by Gasteiger charge is -2.06. The maximum atomic E-state index is 11.4. The molecule has 1 rings (SSSR count). The third-order valence-corrected chi connectivity index (χ3v) is 3.22. The molecule has 0 aliphatic carbocycles. The Labute approximate surface area is 101 Å². The van der Waals surface area contributed by atoms with Crippen molar-refractivity contribution in [3.63, 3.8) is 0 Å². The van der Waals surface area contributed by atoms with Gasteiger partial charge in [-0.25, -0.2) is 4.98 Å². The van der Waals surface area contributed by atoms with Crippen molar-refractivity contribution in [1.82, 2.24) is 9.97 Å². The number of nitrogens with one attached hydrogen (secondary N) is 1. The number of thioether (sulfide) groups is 1. The highest BCUT2D eigenvalue weighted by atomic mass is 32.2. The third-order valence-electron chi connectivity index (χ3n) is 2.05. The number of rotatable bonds is 6. The minimum atomic E-state index is -0.0299. The Hall–Kier alpha value is -0.770. The zero-order chi connectivity index (χ0) is 12.0. The Morgan fingerprint density at radius 1 is 1.50 bits per heavy atom. The van der Waals surface area contributed by atoms with Crippen LogP contribution in [0.25, 0.3) is 0 Å². The number of nitrogens with zero attached hydrogens (tertiary/aromatic N) is 1. The molecular formula is C12H20N2OS. The van der Waals surface area contributed by atoms with Crippen LogP contribution >= 0.6 is 11.8 Å². The Kier molecular flexibility index (Phi) is 5.60. The summed E-state index contributed by atoms with van der Waals surface area (Å²) >= 11 is 1.81. The molecular weight excluding hydrogens is 220 g/mol. The largest absolute Gasteiger partial charge is 0.310 e. The topological polar surface area (TPSA) is 45.8 Å². The molecule has 0 saturated heterocycles. The van der Waals surface area contributed by atoms with E-state index in [-0.39, 0.29) is 5.56 Å². The standard InChI is InChI=1S/C12H20N2OS/c1-4-5-16-8-11-13-10(6-9(2)3)7-12(15)14-11/h7,9H,4-6,8H2,1-3H3,(H,13,14,15). The molecule has 16 heavy (non-hydrogen) atoms. The predicted molar refractivity (Wildman–Crippen MR) is 69.9 cm³/mol. The van der Waals surface area contributed by atoms with Gasteiger partial charge >= 0.3 is 0 Å². The zero-order valence-electron chi connectivity index (χ0n) is 10.2. The molecule has 1 aromatic rings. The SMILES string of the molecule is CCCSCc1nc(CC(C)C)cc(=O)[nH]1. The van der Waals surface area contributed by atoms with E-state index in [1.807, 2.05) is 11.8 Å². The Balaban J connectivity index is 2.69. The van der Waals surface area contributed by atoms with Crippen LogP contribution in [0.3, 0.4) is 0 Å². The van der Waals surface area contributed by atoms with Gasteiger partial charge in [0.25, 0.3) is 5.56 Å². The summed E-state index contributed by atoms with van der Waals surface area (Å²) in [5.41, 5.74) is 0.878. The van der Waals surface area contributed by atoms with Crippen LogP contribution in [0.4, 0.5) is 0 Å². The van der Waals surface area contributed by atoms with E-state index in [1.165, 1.54) is 0 Å². The molecule has 0 aromatic carbocycles. The highest BCUT2D eigenvalue weighted by molar-refractivity contribution is 7.98. The second-order valence-electron chi connectivity index (χ2n) is 4.33. The summed E-state index contributed by atoms with van der Waals surface area (Å²) in [4.78, 5) is 18.7. The summed E-state index contributed by atoms with van der Waals surface area (Å²) in [6.07, 6.45) is 2.02. The zero-order valence-corrected chi connectivity index (χ0v) is 11.1. The number of aromatic nitrogens is 2. The van der Waals surface area contributed by atoms with Gasteiger partial charge in [-0.1, -0.05) is 20.8 Å². The van der Waals surface area contributed by atoms with E-state index in [2.05, 4.69) is 30.7 Å². The Morgan fingerprint density at radius 3 is 2.88 bits per heavy atom. The molecule has 90 valence electrons. The van der Waals surface area contributed by atoms with Gasteiger partial charge in [-0.15, -0.1) is 0 Å². The molecule has 0 spiro atoms. The first-order valence-electron chi connectivity index (χ1n) is 5.78. The Bertz CT molecular complexity index is 374. The van der Waals surface area contributed by atoms with Gasteiger partial charge in [-0.3, -0.25) is 4.79 Å². The van der Waals surface area contributed by atoms with Crippen LogP contribution in [-0.4, -0.2) is 15.7 Å². The van der Waals surface area contributed by atoms with Crippen molar-refractivity contribution in [2.45, 2.75) is 39.4 Å². The molecule has 0 amide bonds. The second kappa shape index (κ2) is 6.74. The van der Waals surface area contributed by atoms with Crippen LogP contribution in [0, 0.1) is 5.92 Å². The summed E-state index contributed by atoms with van der Waals surface area (Å²) in [6.45, 7) is 6.42. The smallest absolute Gasteiger partial charge is 0.251 e. The number of aromatic amines is 1. The van der Waals surface area contributed by atoms with E-state index in [0.29, 0.717) is 5.92 Å². The molecule has 0 saturated carbocycles. The highest BCUT2D eigenvalue weighted by Crippen LogP contribution is 2.09. The van der Waals surface area contributed by atoms with Crippen LogP contribution in [0.5, 0.6) is 0 Å². The lowest BCUT2D eigenvalue weighted by molar-refractivity contribution is 0.630. The van der Waals surface area contributed by atoms with Gasteiger partial charge < -0.3 is 4.98 Å². The normalized spacial score (nSPS) is 11.0. The average molecular weight is 240 g/mol. The van der Waals surface area contributed by atoms with Crippen molar-refractivity contribution < 1.29 is 0 Å². The molecule has 1 aromatic heterocycles. The van der Waals surface area contributed by atoms with Gasteiger partial charge in [0, 0.05) is 11.8 Å². The maximum absolute atomic E-state index is 11.4. The number of H-pyrrole nitrogens is 1. The van der Waals surface area contributed by atoms with E-state index in [9.17, 15) is 4.79 Å². The van der Waals surface area contributed by atoms with Crippen LogP contribution in [-0.2, 0) is 12.2 Å². The minimum Gasteiger partial charge on any atom is -0.310 e. The van der Waals surface area contributed by atoms with Crippen LogP contribution in [0.1, 0.15) is 38.7 Å². The second-order valence-corrected chi connectivity index (χ2v) is 5.44. The molecule has 0 aliphatic heterocycles. The molecule has 0 radical (unpaired) electrons. The van der Waals surface area contributed by atoms with Gasteiger partial charge in [-0.2, -0.15) is 11.8 Å². The van der Waals surface area contributed by atoms with Crippen molar-refractivity contribution in [1.29, 1.82) is 0 Å². The van der Waals surface area contributed by atoms with Gasteiger partial charge in [0.1, 0.15) is 5.82 Å². The molecule has 0 bridgehead atoms. The summed E-state index contributed by atoms with van der Waals surface area (Å²) < 4.78 is 0. The van der Waals surface area contributed by atoms with Gasteiger partial charge in [-0.05, 0) is 24.5 Å². The summed E-state index contributed by atoms with van der Waals surface area (Å²) in [5, 5.41) is 0. The van der Waals surface area contributed by atoms with Gasteiger partial charge in [0.05, 0.1) is 5.75 Å². The summed E-state index contributed by atoms with van der Waals surface area (Å²) in [6, 6.07) is 1.61. The number of hydrogen-bond acceptors (Lipinski definition) is 3. The summed E-state index contributed by atoms with van der Waals surface area (Å²) in [7, 11) is 0. The molecule has 1 heterocycles. The van der Waals surface area contributed by atoms with Crippen LogP contribution < -0.4 is 5.56 Å². The monoisotopic (exact) mass is 240 g/mol.